The van der Waals surface area contributed by atoms with E-state index in [0.29, 0.717) is 22.9 Å². The first-order valence-electron chi connectivity index (χ1n) is 6.86. The van der Waals surface area contributed by atoms with E-state index in [1.165, 1.54) is 6.07 Å². The molecule has 1 amide bonds. The minimum absolute atomic E-state index is 0.0392. The topological polar surface area (TPSA) is 76.1 Å². The highest BCUT2D eigenvalue weighted by molar-refractivity contribution is 7.91. The Kier molecular flexibility index (Phi) is 3.61. The number of nitrogens with one attached hydrogen (secondary N) is 1. The van der Waals surface area contributed by atoms with E-state index in [1.54, 1.807) is 19.1 Å². The van der Waals surface area contributed by atoms with E-state index >= 15 is 0 Å². The number of carbonyl (C=O) groups is 1. The molecule has 22 heavy (non-hydrogen) atoms. The summed E-state index contributed by atoms with van der Waals surface area (Å²) < 4.78 is 23.3. The smallest absolute Gasteiger partial charge is 0.252 e. The number of hydrogen-bond acceptors (Lipinski definition) is 4. The third-order valence-corrected chi connectivity index (χ3v) is 5.94. The molecule has 0 bridgehead atoms. The molecule has 1 aromatic heterocycles. The number of pyridine rings is 1. The molecule has 3 rings (SSSR count). The molecule has 5 nitrogen and oxygen atoms in total. The van der Waals surface area contributed by atoms with Gasteiger partial charge in [-0.15, -0.1) is 0 Å². The number of amides is 1. The van der Waals surface area contributed by atoms with Gasteiger partial charge in [0.15, 0.2) is 9.84 Å². The largest absolute Gasteiger partial charge is 0.346 e. The predicted octanol–water partition coefficient (Wildman–Crippen LogP) is 2.20. The van der Waals surface area contributed by atoms with E-state index in [2.05, 4.69) is 10.3 Å². The molecule has 1 aromatic carbocycles. The Morgan fingerprint density at radius 2 is 2.09 bits per heavy atom. The van der Waals surface area contributed by atoms with E-state index in [1.807, 2.05) is 12.1 Å². The summed E-state index contributed by atoms with van der Waals surface area (Å²) in [4.78, 5) is 16.8. The Morgan fingerprint density at radius 1 is 1.36 bits per heavy atom. The quantitative estimate of drug-likeness (QED) is 0.852. The Hall–Kier alpha value is -1.66. The van der Waals surface area contributed by atoms with Crippen LogP contribution in [0.25, 0.3) is 10.9 Å². The molecule has 1 atom stereocenters. The van der Waals surface area contributed by atoms with E-state index in [-0.39, 0.29) is 22.6 Å². The number of para-hydroxylation sites is 1. The van der Waals surface area contributed by atoms with Crippen LogP contribution in [0.5, 0.6) is 0 Å². The third-order valence-electron chi connectivity index (χ3n) is 3.85. The normalized spacial score (nSPS) is 23.5. The molecule has 7 heteroatoms. The first kappa shape index (κ1) is 15.2. The number of aromatic nitrogens is 1. The first-order chi connectivity index (χ1) is 10.3. The van der Waals surface area contributed by atoms with Gasteiger partial charge >= 0.3 is 0 Å². The lowest BCUT2D eigenvalue weighted by Gasteiger charge is -2.24. The average Bonchev–Trinajstić information content (AvgIpc) is 2.71. The second-order valence-corrected chi connectivity index (χ2v) is 8.44. The Bertz CT molecular complexity index is 866. The highest BCUT2D eigenvalue weighted by Crippen LogP contribution is 2.25. The summed E-state index contributed by atoms with van der Waals surface area (Å²) in [7, 11) is -3.09. The second-order valence-electron chi connectivity index (χ2n) is 5.87. The zero-order valence-electron chi connectivity index (χ0n) is 12.0. The fraction of sp³-hybridized carbons (Fsp3) is 0.333. The van der Waals surface area contributed by atoms with Gasteiger partial charge in [-0.25, -0.2) is 13.4 Å². The number of sulfone groups is 1. The van der Waals surface area contributed by atoms with Crippen LogP contribution in [0.15, 0.2) is 30.3 Å². The van der Waals surface area contributed by atoms with Crippen LogP contribution >= 0.6 is 11.6 Å². The Balaban J connectivity index is 1.96. The molecule has 1 saturated heterocycles. The first-order valence-corrected chi connectivity index (χ1v) is 9.06. The summed E-state index contributed by atoms with van der Waals surface area (Å²) in [5, 5.41) is 3.76. The van der Waals surface area contributed by atoms with Crippen LogP contribution in [0.3, 0.4) is 0 Å². The van der Waals surface area contributed by atoms with E-state index in [4.69, 9.17) is 11.6 Å². The zero-order chi connectivity index (χ0) is 16.0. The molecule has 116 valence electrons. The summed E-state index contributed by atoms with van der Waals surface area (Å²) >= 11 is 5.98. The van der Waals surface area contributed by atoms with Gasteiger partial charge in [0.2, 0.25) is 0 Å². The number of halogens is 1. The summed E-state index contributed by atoms with van der Waals surface area (Å²) in [5.74, 6) is -0.274. The standard InChI is InChI=1S/C15H15ClN2O3S/c1-15(6-7-22(20,21)9-15)18-14(19)11-8-13(16)17-12-5-3-2-4-10(11)12/h2-5,8H,6-7,9H2,1H3,(H,18,19)/t15-/m0/s1. The molecular weight excluding hydrogens is 324 g/mol. The van der Waals surface area contributed by atoms with Crippen LogP contribution in [0, 0.1) is 0 Å². The molecule has 0 unspecified atom stereocenters. The molecule has 0 spiro atoms. The summed E-state index contributed by atoms with van der Waals surface area (Å²) in [6, 6.07) is 8.71. The maximum atomic E-state index is 12.6. The van der Waals surface area contributed by atoms with Crippen molar-refractivity contribution in [2.45, 2.75) is 18.9 Å². The fourth-order valence-corrected chi connectivity index (χ4v) is 5.07. The minimum Gasteiger partial charge on any atom is -0.346 e. The van der Waals surface area contributed by atoms with Crippen LogP contribution in [0.4, 0.5) is 0 Å². The maximum Gasteiger partial charge on any atom is 0.252 e. The lowest BCUT2D eigenvalue weighted by Crippen LogP contribution is -2.47. The van der Waals surface area contributed by atoms with Crippen molar-refractivity contribution in [1.29, 1.82) is 0 Å². The monoisotopic (exact) mass is 338 g/mol. The van der Waals surface area contributed by atoms with Gasteiger partial charge in [0.05, 0.1) is 28.1 Å². The van der Waals surface area contributed by atoms with Crippen LogP contribution in [0.1, 0.15) is 23.7 Å². The molecule has 1 aliphatic rings. The Labute approximate surface area is 133 Å². The van der Waals surface area contributed by atoms with Crippen molar-refractivity contribution in [3.63, 3.8) is 0 Å². The number of hydrogen-bond donors (Lipinski definition) is 1. The number of fused-ring (bicyclic) bond motifs is 1. The van der Waals surface area contributed by atoms with Crippen LogP contribution in [0.2, 0.25) is 5.15 Å². The van der Waals surface area contributed by atoms with Gasteiger partial charge in [0.25, 0.3) is 5.91 Å². The van der Waals surface area contributed by atoms with Gasteiger partial charge in [-0.05, 0) is 25.5 Å². The van der Waals surface area contributed by atoms with E-state index < -0.39 is 15.4 Å². The van der Waals surface area contributed by atoms with Crippen molar-refractivity contribution in [3.05, 3.63) is 41.0 Å². The maximum absolute atomic E-state index is 12.6. The van der Waals surface area contributed by atoms with Crippen molar-refractivity contribution >= 4 is 38.2 Å². The van der Waals surface area contributed by atoms with Crippen molar-refractivity contribution in [3.8, 4) is 0 Å². The van der Waals surface area contributed by atoms with Crippen LogP contribution in [-0.4, -0.2) is 36.4 Å². The molecule has 2 aromatic rings. The fourth-order valence-electron chi connectivity index (χ4n) is 2.78. The van der Waals surface area contributed by atoms with Crippen LogP contribution in [-0.2, 0) is 9.84 Å². The molecule has 1 fully saturated rings. The molecule has 0 radical (unpaired) electrons. The number of nitrogens with zero attached hydrogens (tertiary/aromatic N) is 1. The van der Waals surface area contributed by atoms with Crippen LogP contribution < -0.4 is 5.32 Å². The minimum atomic E-state index is -3.09. The number of rotatable bonds is 2. The summed E-state index contributed by atoms with van der Waals surface area (Å²) in [6.45, 7) is 1.75. The van der Waals surface area contributed by atoms with Crippen molar-refractivity contribution in [1.82, 2.24) is 10.3 Å². The molecule has 1 aliphatic heterocycles. The average molecular weight is 339 g/mol. The lowest BCUT2D eigenvalue weighted by molar-refractivity contribution is 0.0917. The highest BCUT2D eigenvalue weighted by atomic mass is 35.5. The molecule has 1 N–H and O–H groups in total. The lowest BCUT2D eigenvalue weighted by atomic mass is 10.0. The number of carbonyl (C=O) groups excluding carboxylic acids is 1. The van der Waals surface area contributed by atoms with E-state index in [0.717, 1.165) is 0 Å². The van der Waals surface area contributed by atoms with Crippen molar-refractivity contribution in [2.24, 2.45) is 0 Å². The predicted molar refractivity (Wildman–Crippen MR) is 85.9 cm³/mol. The summed E-state index contributed by atoms with van der Waals surface area (Å²) in [5.41, 5.74) is 0.290. The van der Waals surface area contributed by atoms with Gasteiger partial charge in [0, 0.05) is 5.39 Å². The van der Waals surface area contributed by atoms with E-state index in [9.17, 15) is 13.2 Å². The van der Waals surface area contributed by atoms with Crippen molar-refractivity contribution < 1.29 is 13.2 Å². The Morgan fingerprint density at radius 3 is 2.77 bits per heavy atom. The molecule has 0 saturated carbocycles. The second kappa shape index (κ2) is 5.21. The zero-order valence-corrected chi connectivity index (χ0v) is 13.5. The number of benzene rings is 1. The molecule has 2 heterocycles. The molecule has 0 aliphatic carbocycles. The summed E-state index contributed by atoms with van der Waals surface area (Å²) in [6.07, 6.45) is 0.415. The SMILES string of the molecule is C[C@]1(NC(=O)c2cc(Cl)nc3ccccc23)CCS(=O)(=O)C1. The van der Waals surface area contributed by atoms with Crippen molar-refractivity contribution in [2.75, 3.05) is 11.5 Å². The van der Waals surface area contributed by atoms with Gasteiger partial charge < -0.3 is 5.32 Å². The molecular formula is C15H15ClN2O3S. The van der Waals surface area contributed by atoms with Gasteiger partial charge in [0.1, 0.15) is 5.15 Å². The highest BCUT2D eigenvalue weighted by Gasteiger charge is 2.39. The van der Waals surface area contributed by atoms with Gasteiger partial charge in [-0.1, -0.05) is 29.8 Å². The van der Waals surface area contributed by atoms with Gasteiger partial charge in [-0.3, -0.25) is 4.79 Å². The third kappa shape index (κ3) is 2.94. The van der Waals surface area contributed by atoms with Gasteiger partial charge in [-0.2, -0.15) is 0 Å².